The second-order valence-electron chi connectivity index (χ2n) is 3.37. The molecule has 0 spiro atoms. The second kappa shape index (κ2) is 3.64. The molecule has 1 nitrogen and oxygen atoms in total. The third-order valence-electron chi connectivity index (χ3n) is 2.42. The molecule has 0 amide bonds. The molecule has 3 heteroatoms. The van der Waals surface area contributed by atoms with Gasteiger partial charge in [-0.3, -0.25) is 0 Å². The number of hydrogen-bond acceptors (Lipinski definition) is 1. The lowest BCUT2D eigenvalue weighted by Crippen LogP contribution is -2.44. The number of alkyl halides is 1. The summed E-state index contributed by atoms with van der Waals surface area (Å²) in [5, 5.41) is 3.71. The average molecular weight is 200 g/mol. The fourth-order valence-electron chi connectivity index (χ4n) is 1.44. The molecule has 0 aromatic heterocycles. The number of benzene rings is 1. The van der Waals surface area contributed by atoms with Gasteiger partial charge in [-0.15, -0.1) is 0 Å². The number of halogens is 2. The maximum atomic E-state index is 13.6. The Morgan fingerprint density at radius 2 is 1.92 bits per heavy atom. The van der Waals surface area contributed by atoms with Crippen molar-refractivity contribution in [1.29, 1.82) is 0 Å². The van der Waals surface area contributed by atoms with Crippen LogP contribution in [0.3, 0.4) is 0 Å². The Hall–Kier alpha value is -0.600. The molecule has 1 saturated heterocycles. The van der Waals surface area contributed by atoms with Gasteiger partial charge in [0.25, 0.3) is 0 Å². The van der Waals surface area contributed by atoms with E-state index in [4.69, 9.17) is 11.6 Å². The predicted octanol–water partition coefficient (Wildman–Crippen LogP) is 2.57. The Balaban J connectivity index is 2.10. The summed E-state index contributed by atoms with van der Waals surface area (Å²) >= 11 is 5.71. The summed E-state index contributed by atoms with van der Waals surface area (Å²) in [5.74, 6) is 0.140. The molecule has 1 unspecified atom stereocenters. The lowest BCUT2D eigenvalue weighted by molar-refractivity contribution is 0.171. The zero-order valence-corrected chi connectivity index (χ0v) is 7.89. The second-order valence-corrected chi connectivity index (χ2v) is 3.81. The summed E-state index contributed by atoms with van der Waals surface area (Å²) < 4.78 is 13.6. The van der Waals surface area contributed by atoms with Crippen molar-refractivity contribution < 1.29 is 4.39 Å². The average Bonchev–Trinajstić information content (AvgIpc) is 2.02. The first-order valence-corrected chi connectivity index (χ1v) is 4.75. The van der Waals surface area contributed by atoms with E-state index < -0.39 is 6.17 Å². The minimum Gasteiger partial charge on any atom is -0.316 e. The van der Waals surface area contributed by atoms with Crippen LogP contribution < -0.4 is 5.32 Å². The summed E-state index contributed by atoms with van der Waals surface area (Å²) in [6.07, 6.45) is -0.849. The van der Waals surface area contributed by atoms with Crippen molar-refractivity contribution in [3.63, 3.8) is 0 Å². The third kappa shape index (κ3) is 1.84. The van der Waals surface area contributed by atoms with Crippen molar-refractivity contribution in [2.24, 2.45) is 5.92 Å². The molecule has 0 saturated carbocycles. The monoisotopic (exact) mass is 199 g/mol. The maximum Gasteiger partial charge on any atom is 0.130 e. The largest absolute Gasteiger partial charge is 0.316 e. The Labute approximate surface area is 81.9 Å². The van der Waals surface area contributed by atoms with Gasteiger partial charge in [0.05, 0.1) is 0 Å². The van der Waals surface area contributed by atoms with E-state index in [2.05, 4.69) is 5.32 Å². The molecular formula is C10H11ClFN. The van der Waals surface area contributed by atoms with Crippen LogP contribution in [0.4, 0.5) is 4.39 Å². The molecule has 1 aromatic carbocycles. The molecule has 0 bridgehead atoms. The van der Waals surface area contributed by atoms with E-state index in [0.717, 1.165) is 18.7 Å². The van der Waals surface area contributed by atoms with Crippen LogP contribution >= 0.6 is 11.6 Å². The Morgan fingerprint density at radius 3 is 2.38 bits per heavy atom. The lowest BCUT2D eigenvalue weighted by atomic mass is 9.92. The van der Waals surface area contributed by atoms with Crippen molar-refractivity contribution in [3.8, 4) is 0 Å². The fraction of sp³-hybridized carbons (Fsp3) is 0.400. The minimum atomic E-state index is -0.849. The van der Waals surface area contributed by atoms with Gasteiger partial charge in [-0.25, -0.2) is 4.39 Å². The van der Waals surface area contributed by atoms with E-state index in [1.165, 1.54) is 0 Å². The van der Waals surface area contributed by atoms with Crippen LogP contribution in [0.2, 0.25) is 5.02 Å². The van der Waals surface area contributed by atoms with Crippen LogP contribution in [0.5, 0.6) is 0 Å². The number of rotatable bonds is 2. The molecule has 1 aliphatic heterocycles. The number of nitrogens with one attached hydrogen (secondary N) is 1. The molecular weight excluding hydrogens is 189 g/mol. The van der Waals surface area contributed by atoms with Gasteiger partial charge in [-0.1, -0.05) is 23.7 Å². The van der Waals surface area contributed by atoms with Gasteiger partial charge < -0.3 is 5.32 Å². The molecule has 2 rings (SSSR count). The van der Waals surface area contributed by atoms with Gasteiger partial charge in [0.15, 0.2) is 0 Å². The highest BCUT2D eigenvalue weighted by Gasteiger charge is 2.27. The van der Waals surface area contributed by atoms with E-state index in [0.29, 0.717) is 5.02 Å². The van der Waals surface area contributed by atoms with E-state index in [1.54, 1.807) is 24.3 Å². The van der Waals surface area contributed by atoms with Crippen molar-refractivity contribution in [2.75, 3.05) is 13.1 Å². The van der Waals surface area contributed by atoms with Crippen LogP contribution in [0.15, 0.2) is 24.3 Å². The maximum absolute atomic E-state index is 13.6. The smallest absolute Gasteiger partial charge is 0.130 e. The van der Waals surface area contributed by atoms with Crippen LogP contribution in [-0.4, -0.2) is 13.1 Å². The van der Waals surface area contributed by atoms with Crippen molar-refractivity contribution in [1.82, 2.24) is 5.32 Å². The van der Waals surface area contributed by atoms with Crippen LogP contribution in [-0.2, 0) is 0 Å². The molecule has 1 aliphatic rings. The quantitative estimate of drug-likeness (QED) is 0.772. The molecule has 0 radical (unpaired) electrons. The highest BCUT2D eigenvalue weighted by molar-refractivity contribution is 6.30. The Morgan fingerprint density at radius 1 is 1.31 bits per heavy atom. The summed E-state index contributed by atoms with van der Waals surface area (Å²) in [6.45, 7) is 1.56. The minimum absolute atomic E-state index is 0.140. The van der Waals surface area contributed by atoms with Crippen molar-refractivity contribution in [2.45, 2.75) is 6.17 Å². The van der Waals surface area contributed by atoms with E-state index in [1.807, 2.05) is 0 Å². The van der Waals surface area contributed by atoms with Gasteiger partial charge in [-0.2, -0.15) is 0 Å². The topological polar surface area (TPSA) is 12.0 Å². The molecule has 0 aliphatic carbocycles. The Kier molecular flexibility index (Phi) is 2.51. The fourth-order valence-corrected chi connectivity index (χ4v) is 1.56. The zero-order valence-electron chi connectivity index (χ0n) is 7.13. The summed E-state index contributed by atoms with van der Waals surface area (Å²) in [6, 6.07) is 6.97. The highest BCUT2D eigenvalue weighted by Crippen LogP contribution is 2.29. The van der Waals surface area contributed by atoms with Crippen LogP contribution in [0, 0.1) is 5.92 Å². The van der Waals surface area contributed by atoms with E-state index in [9.17, 15) is 4.39 Å². The summed E-state index contributed by atoms with van der Waals surface area (Å²) in [4.78, 5) is 0. The van der Waals surface area contributed by atoms with Gasteiger partial charge in [-0.05, 0) is 17.7 Å². The first-order valence-electron chi connectivity index (χ1n) is 4.37. The van der Waals surface area contributed by atoms with E-state index >= 15 is 0 Å². The van der Waals surface area contributed by atoms with Crippen molar-refractivity contribution in [3.05, 3.63) is 34.9 Å². The van der Waals surface area contributed by atoms with Gasteiger partial charge in [0.2, 0.25) is 0 Å². The zero-order chi connectivity index (χ0) is 9.26. The Bertz CT molecular complexity index is 281. The predicted molar refractivity (Wildman–Crippen MR) is 51.7 cm³/mol. The third-order valence-corrected chi connectivity index (χ3v) is 2.67. The SMILES string of the molecule is FC(c1ccc(Cl)cc1)C1CNC1. The lowest BCUT2D eigenvalue weighted by Gasteiger charge is -2.30. The molecule has 1 heterocycles. The van der Waals surface area contributed by atoms with E-state index in [-0.39, 0.29) is 5.92 Å². The summed E-state index contributed by atoms with van der Waals surface area (Å²) in [7, 11) is 0. The van der Waals surface area contributed by atoms with Crippen molar-refractivity contribution >= 4 is 11.6 Å². The first kappa shape index (κ1) is 8.97. The summed E-state index contributed by atoms with van der Waals surface area (Å²) in [5.41, 5.74) is 0.732. The molecule has 1 N–H and O–H groups in total. The standard InChI is InChI=1S/C10H11ClFN/c11-9-3-1-7(2-4-9)10(12)8-5-13-6-8/h1-4,8,10,13H,5-6H2. The molecule has 1 aromatic rings. The first-order chi connectivity index (χ1) is 6.27. The van der Waals surface area contributed by atoms with Gasteiger partial charge in [0, 0.05) is 24.0 Å². The molecule has 13 heavy (non-hydrogen) atoms. The van der Waals surface area contributed by atoms with Crippen LogP contribution in [0.25, 0.3) is 0 Å². The number of hydrogen-bond donors (Lipinski definition) is 1. The highest BCUT2D eigenvalue weighted by atomic mass is 35.5. The van der Waals surface area contributed by atoms with Crippen LogP contribution in [0.1, 0.15) is 11.7 Å². The normalized spacial score (nSPS) is 19.5. The van der Waals surface area contributed by atoms with Gasteiger partial charge >= 0.3 is 0 Å². The van der Waals surface area contributed by atoms with Gasteiger partial charge in [0.1, 0.15) is 6.17 Å². The molecule has 1 atom stereocenters. The molecule has 70 valence electrons. The molecule has 1 fully saturated rings.